The van der Waals surface area contributed by atoms with Crippen LogP contribution in [0.3, 0.4) is 0 Å². The predicted molar refractivity (Wildman–Crippen MR) is 109 cm³/mol. The summed E-state index contributed by atoms with van der Waals surface area (Å²) in [7, 11) is 0. The highest BCUT2D eigenvalue weighted by molar-refractivity contribution is 6.23. The standard InChI is InChI=1S/C24H24O/c1-3-5-15-24(4-2,16-25)21-14-12-19-10-9-17-7-6-8-18-11-13-20(21)23(19)22(17)18/h5-15,25H,3-4,16H2,1-2H3. The SMILES string of the molecule is CCC=CC(CC)(CO)c1ccc2ccc3cccc4ccc1c2c34. The highest BCUT2D eigenvalue weighted by atomic mass is 16.3. The van der Waals surface area contributed by atoms with E-state index in [-0.39, 0.29) is 12.0 Å². The predicted octanol–water partition coefficient (Wildman–Crippen LogP) is 6.19. The molecule has 1 heteroatoms. The second-order valence-corrected chi connectivity index (χ2v) is 6.95. The second-order valence-electron chi connectivity index (χ2n) is 6.95. The highest BCUT2D eigenvalue weighted by Crippen LogP contribution is 2.41. The van der Waals surface area contributed by atoms with E-state index in [2.05, 4.69) is 80.6 Å². The van der Waals surface area contributed by atoms with Crippen LogP contribution in [-0.2, 0) is 5.41 Å². The lowest BCUT2D eigenvalue weighted by atomic mass is 9.75. The summed E-state index contributed by atoms with van der Waals surface area (Å²) >= 11 is 0. The number of benzene rings is 4. The van der Waals surface area contributed by atoms with Gasteiger partial charge >= 0.3 is 0 Å². The van der Waals surface area contributed by atoms with E-state index in [4.69, 9.17) is 0 Å². The Morgan fingerprint density at radius 3 is 2.12 bits per heavy atom. The summed E-state index contributed by atoms with van der Waals surface area (Å²) in [5.74, 6) is 0. The highest BCUT2D eigenvalue weighted by Gasteiger charge is 2.29. The molecule has 4 aromatic rings. The van der Waals surface area contributed by atoms with Crippen molar-refractivity contribution >= 4 is 32.3 Å². The molecule has 0 spiro atoms. The lowest BCUT2D eigenvalue weighted by molar-refractivity contribution is 0.221. The third kappa shape index (κ3) is 2.34. The zero-order valence-corrected chi connectivity index (χ0v) is 14.9. The van der Waals surface area contributed by atoms with Crippen LogP contribution in [0.1, 0.15) is 32.3 Å². The number of aliphatic hydroxyl groups excluding tert-OH is 1. The van der Waals surface area contributed by atoms with Crippen molar-refractivity contribution in [3.63, 3.8) is 0 Å². The average Bonchev–Trinajstić information content (AvgIpc) is 2.68. The Hall–Kier alpha value is -2.38. The van der Waals surface area contributed by atoms with Crippen LogP contribution >= 0.6 is 0 Å². The van der Waals surface area contributed by atoms with Crippen LogP contribution in [-0.4, -0.2) is 11.7 Å². The number of aliphatic hydroxyl groups is 1. The molecule has 0 saturated heterocycles. The molecule has 1 N–H and O–H groups in total. The molecule has 0 heterocycles. The van der Waals surface area contributed by atoms with Crippen LogP contribution in [0.4, 0.5) is 0 Å². The summed E-state index contributed by atoms with van der Waals surface area (Å²) in [5.41, 5.74) is 0.908. The second kappa shape index (κ2) is 6.16. The molecule has 0 aromatic heterocycles. The molecular formula is C24H24O. The van der Waals surface area contributed by atoms with Gasteiger partial charge in [0.1, 0.15) is 0 Å². The summed E-state index contributed by atoms with van der Waals surface area (Å²) in [6.07, 6.45) is 6.24. The van der Waals surface area contributed by atoms with Crippen LogP contribution in [0, 0.1) is 0 Å². The Kier molecular flexibility index (Phi) is 3.97. The van der Waals surface area contributed by atoms with Gasteiger partial charge < -0.3 is 5.11 Å². The molecule has 0 aliphatic heterocycles. The Bertz CT molecular complexity index is 1040. The number of hydrogen-bond acceptors (Lipinski definition) is 1. The lowest BCUT2D eigenvalue weighted by Crippen LogP contribution is -2.27. The van der Waals surface area contributed by atoms with Crippen molar-refractivity contribution in [1.82, 2.24) is 0 Å². The zero-order chi connectivity index (χ0) is 17.4. The van der Waals surface area contributed by atoms with E-state index in [0.717, 1.165) is 12.8 Å². The molecule has 0 radical (unpaired) electrons. The summed E-state index contributed by atoms with van der Waals surface area (Å²) in [4.78, 5) is 0. The van der Waals surface area contributed by atoms with Crippen molar-refractivity contribution in [3.05, 3.63) is 72.3 Å². The van der Waals surface area contributed by atoms with Gasteiger partial charge in [-0.25, -0.2) is 0 Å². The van der Waals surface area contributed by atoms with Crippen LogP contribution < -0.4 is 0 Å². The molecule has 0 fully saturated rings. The normalized spacial score (nSPS) is 14.8. The van der Waals surface area contributed by atoms with Gasteiger partial charge in [0.05, 0.1) is 6.61 Å². The van der Waals surface area contributed by atoms with Crippen molar-refractivity contribution in [1.29, 1.82) is 0 Å². The molecule has 25 heavy (non-hydrogen) atoms. The molecule has 0 amide bonds. The fourth-order valence-corrected chi connectivity index (χ4v) is 4.16. The van der Waals surface area contributed by atoms with Crippen LogP contribution in [0.25, 0.3) is 32.3 Å². The summed E-state index contributed by atoms with van der Waals surface area (Å²) in [6, 6.07) is 19.8. The van der Waals surface area contributed by atoms with Crippen LogP contribution in [0.15, 0.2) is 66.7 Å². The Labute approximate surface area is 148 Å². The Balaban J connectivity index is 2.13. The topological polar surface area (TPSA) is 20.2 Å². The molecule has 126 valence electrons. The van der Waals surface area contributed by atoms with Gasteiger partial charge in [-0.05, 0) is 50.7 Å². The molecular weight excluding hydrogens is 304 g/mol. The van der Waals surface area contributed by atoms with Crippen molar-refractivity contribution in [2.45, 2.75) is 32.1 Å². The lowest BCUT2D eigenvalue weighted by Gasteiger charge is -2.30. The van der Waals surface area contributed by atoms with E-state index in [1.54, 1.807) is 0 Å². The first-order chi connectivity index (χ1) is 12.2. The monoisotopic (exact) mass is 328 g/mol. The number of allylic oxidation sites excluding steroid dienone is 1. The molecule has 0 aliphatic carbocycles. The van der Waals surface area contributed by atoms with E-state index in [9.17, 15) is 5.11 Å². The summed E-state index contributed by atoms with van der Waals surface area (Å²) in [5, 5.41) is 18.1. The third-order valence-electron chi connectivity index (χ3n) is 5.65. The quantitative estimate of drug-likeness (QED) is 0.342. The van der Waals surface area contributed by atoms with Gasteiger partial charge in [0, 0.05) is 5.41 Å². The third-order valence-corrected chi connectivity index (χ3v) is 5.65. The fourth-order valence-electron chi connectivity index (χ4n) is 4.16. The number of hydrogen-bond donors (Lipinski definition) is 1. The Morgan fingerprint density at radius 2 is 1.48 bits per heavy atom. The van der Waals surface area contributed by atoms with Gasteiger partial charge in [-0.2, -0.15) is 0 Å². The van der Waals surface area contributed by atoms with Gasteiger partial charge in [-0.1, -0.05) is 80.6 Å². The van der Waals surface area contributed by atoms with Gasteiger partial charge in [-0.3, -0.25) is 0 Å². The minimum Gasteiger partial charge on any atom is -0.395 e. The van der Waals surface area contributed by atoms with Gasteiger partial charge in [0.2, 0.25) is 0 Å². The smallest absolute Gasteiger partial charge is 0.0562 e. The average molecular weight is 328 g/mol. The molecule has 1 nitrogen and oxygen atoms in total. The molecule has 4 aromatic carbocycles. The first-order valence-corrected chi connectivity index (χ1v) is 9.19. The maximum absolute atomic E-state index is 10.3. The first-order valence-electron chi connectivity index (χ1n) is 9.19. The van der Waals surface area contributed by atoms with Gasteiger partial charge in [-0.15, -0.1) is 0 Å². The molecule has 0 saturated carbocycles. The maximum atomic E-state index is 10.3. The van der Waals surface area contributed by atoms with Crippen molar-refractivity contribution in [2.24, 2.45) is 0 Å². The molecule has 4 rings (SSSR count). The van der Waals surface area contributed by atoms with Crippen molar-refractivity contribution in [2.75, 3.05) is 6.61 Å². The molecule has 1 unspecified atom stereocenters. The van der Waals surface area contributed by atoms with E-state index >= 15 is 0 Å². The summed E-state index contributed by atoms with van der Waals surface area (Å²) < 4.78 is 0. The summed E-state index contributed by atoms with van der Waals surface area (Å²) in [6.45, 7) is 4.43. The molecule has 1 atom stereocenters. The Morgan fingerprint density at radius 1 is 0.840 bits per heavy atom. The van der Waals surface area contributed by atoms with E-state index in [1.165, 1.54) is 37.9 Å². The van der Waals surface area contributed by atoms with E-state index < -0.39 is 0 Å². The van der Waals surface area contributed by atoms with Crippen molar-refractivity contribution < 1.29 is 5.11 Å². The van der Waals surface area contributed by atoms with E-state index in [0.29, 0.717) is 0 Å². The minimum atomic E-state index is -0.321. The van der Waals surface area contributed by atoms with Crippen LogP contribution in [0.2, 0.25) is 0 Å². The first kappa shape index (κ1) is 16.1. The van der Waals surface area contributed by atoms with Crippen molar-refractivity contribution in [3.8, 4) is 0 Å². The minimum absolute atomic E-state index is 0.129. The fraction of sp³-hybridized carbons (Fsp3) is 0.250. The molecule has 0 bridgehead atoms. The van der Waals surface area contributed by atoms with Gasteiger partial charge in [0.15, 0.2) is 0 Å². The zero-order valence-electron chi connectivity index (χ0n) is 14.9. The van der Waals surface area contributed by atoms with Crippen LogP contribution in [0.5, 0.6) is 0 Å². The molecule has 0 aliphatic rings. The number of rotatable bonds is 5. The largest absolute Gasteiger partial charge is 0.395 e. The maximum Gasteiger partial charge on any atom is 0.0562 e. The van der Waals surface area contributed by atoms with E-state index in [1.807, 2.05) is 0 Å². The van der Waals surface area contributed by atoms with Gasteiger partial charge in [0.25, 0.3) is 0 Å².